The van der Waals surface area contributed by atoms with E-state index in [4.69, 9.17) is 18.9 Å². The number of rotatable bonds is 9. The number of amides is 2. The summed E-state index contributed by atoms with van der Waals surface area (Å²) in [6.45, 7) is 2.03. The van der Waals surface area contributed by atoms with Crippen molar-refractivity contribution >= 4 is 11.8 Å². The van der Waals surface area contributed by atoms with E-state index in [1.807, 2.05) is 35.2 Å². The van der Waals surface area contributed by atoms with E-state index in [0.29, 0.717) is 61.9 Å². The van der Waals surface area contributed by atoms with Crippen molar-refractivity contribution in [3.05, 3.63) is 53.6 Å². The summed E-state index contributed by atoms with van der Waals surface area (Å²) in [5, 5.41) is 2.85. The van der Waals surface area contributed by atoms with Crippen molar-refractivity contribution in [3.8, 4) is 17.2 Å². The zero-order valence-corrected chi connectivity index (χ0v) is 18.8. The molecular formula is C24H30N2O6. The molecule has 1 unspecified atom stereocenters. The summed E-state index contributed by atoms with van der Waals surface area (Å²) >= 11 is 0. The van der Waals surface area contributed by atoms with Crippen LogP contribution in [0.4, 0.5) is 0 Å². The average molecular weight is 443 g/mol. The molecule has 2 aromatic rings. The summed E-state index contributed by atoms with van der Waals surface area (Å²) in [4.78, 5) is 27.0. The topological polar surface area (TPSA) is 86.3 Å². The Morgan fingerprint density at radius 2 is 1.75 bits per heavy atom. The van der Waals surface area contributed by atoms with E-state index in [0.717, 1.165) is 5.56 Å². The first-order valence-corrected chi connectivity index (χ1v) is 10.6. The lowest BCUT2D eigenvalue weighted by atomic mass is 10.1. The molecule has 1 saturated heterocycles. The summed E-state index contributed by atoms with van der Waals surface area (Å²) in [7, 11) is 4.50. The maximum Gasteiger partial charge on any atom is 0.251 e. The van der Waals surface area contributed by atoms with Gasteiger partial charge in [0.2, 0.25) is 11.7 Å². The monoisotopic (exact) mass is 442 g/mol. The van der Waals surface area contributed by atoms with Crippen LogP contribution >= 0.6 is 0 Å². The van der Waals surface area contributed by atoms with Gasteiger partial charge in [0.15, 0.2) is 11.5 Å². The zero-order valence-electron chi connectivity index (χ0n) is 18.8. The third kappa shape index (κ3) is 5.70. The second-order valence-corrected chi connectivity index (χ2v) is 7.38. The largest absolute Gasteiger partial charge is 0.493 e. The van der Waals surface area contributed by atoms with Gasteiger partial charge < -0.3 is 29.2 Å². The van der Waals surface area contributed by atoms with Crippen LogP contribution in [0, 0.1) is 0 Å². The first kappa shape index (κ1) is 23.4. The van der Waals surface area contributed by atoms with E-state index in [9.17, 15) is 9.59 Å². The van der Waals surface area contributed by atoms with Crippen LogP contribution in [0.5, 0.6) is 17.2 Å². The summed E-state index contributed by atoms with van der Waals surface area (Å²) < 4.78 is 21.7. The standard InChI is InChI=1S/C24H30N2O6/c1-29-19-14-18(15-20(30-2)23(19)31-3)24(28)25-11-7-10-22(27)26-12-13-32-21(16-26)17-8-5-4-6-9-17/h4-6,8-9,14-15,21H,7,10-13,16H2,1-3H3,(H,25,28). The van der Waals surface area contributed by atoms with Crippen molar-refractivity contribution in [2.24, 2.45) is 0 Å². The highest BCUT2D eigenvalue weighted by Crippen LogP contribution is 2.38. The molecule has 0 radical (unpaired) electrons. The predicted molar refractivity (Wildman–Crippen MR) is 119 cm³/mol. The van der Waals surface area contributed by atoms with Crippen molar-refractivity contribution in [3.63, 3.8) is 0 Å². The number of benzene rings is 2. The molecule has 0 aliphatic carbocycles. The lowest BCUT2D eigenvalue weighted by Gasteiger charge is -2.33. The number of morpholine rings is 1. The minimum Gasteiger partial charge on any atom is -0.493 e. The lowest BCUT2D eigenvalue weighted by Crippen LogP contribution is -2.42. The number of nitrogens with zero attached hydrogens (tertiary/aromatic N) is 1. The summed E-state index contributed by atoms with van der Waals surface area (Å²) in [5.41, 5.74) is 1.47. The van der Waals surface area contributed by atoms with Gasteiger partial charge in [0, 0.05) is 25.1 Å². The molecule has 2 aromatic carbocycles. The number of hydrogen-bond acceptors (Lipinski definition) is 6. The Labute approximate surface area is 188 Å². The Balaban J connectivity index is 1.48. The smallest absolute Gasteiger partial charge is 0.251 e. The number of nitrogens with one attached hydrogen (secondary N) is 1. The van der Waals surface area contributed by atoms with Crippen molar-refractivity contribution < 1.29 is 28.5 Å². The van der Waals surface area contributed by atoms with Gasteiger partial charge in [-0.15, -0.1) is 0 Å². The van der Waals surface area contributed by atoms with Crippen LogP contribution in [-0.2, 0) is 9.53 Å². The highest BCUT2D eigenvalue weighted by Gasteiger charge is 2.25. The summed E-state index contributed by atoms with van der Waals surface area (Å²) in [6, 6.07) is 13.1. The molecule has 1 N–H and O–H groups in total. The van der Waals surface area contributed by atoms with Gasteiger partial charge in [0.1, 0.15) is 6.10 Å². The van der Waals surface area contributed by atoms with Gasteiger partial charge in [-0.25, -0.2) is 0 Å². The fraction of sp³-hybridized carbons (Fsp3) is 0.417. The second-order valence-electron chi connectivity index (χ2n) is 7.38. The van der Waals surface area contributed by atoms with Gasteiger partial charge in [-0.1, -0.05) is 30.3 Å². The van der Waals surface area contributed by atoms with Crippen LogP contribution in [0.2, 0.25) is 0 Å². The minimum absolute atomic E-state index is 0.0660. The third-order valence-corrected chi connectivity index (χ3v) is 5.37. The van der Waals surface area contributed by atoms with Crippen LogP contribution in [0.25, 0.3) is 0 Å². The molecule has 8 nitrogen and oxygen atoms in total. The number of carbonyl (C=O) groups is 2. The Morgan fingerprint density at radius 1 is 1.06 bits per heavy atom. The molecule has 0 aromatic heterocycles. The fourth-order valence-electron chi connectivity index (χ4n) is 3.66. The van der Waals surface area contributed by atoms with E-state index in [1.54, 1.807) is 12.1 Å². The molecule has 0 bridgehead atoms. The van der Waals surface area contributed by atoms with Gasteiger partial charge in [-0.3, -0.25) is 9.59 Å². The number of methoxy groups -OCH3 is 3. The molecule has 1 heterocycles. The molecule has 2 amide bonds. The van der Waals surface area contributed by atoms with E-state index in [2.05, 4.69) is 5.32 Å². The molecule has 3 rings (SSSR count). The Morgan fingerprint density at radius 3 is 2.38 bits per heavy atom. The molecule has 1 atom stereocenters. The third-order valence-electron chi connectivity index (χ3n) is 5.37. The van der Waals surface area contributed by atoms with Gasteiger partial charge in [0.05, 0.1) is 34.5 Å². The highest BCUT2D eigenvalue weighted by molar-refractivity contribution is 5.95. The Bertz CT molecular complexity index is 893. The molecule has 1 aliphatic heterocycles. The summed E-state index contributed by atoms with van der Waals surface area (Å²) in [6.07, 6.45) is 0.799. The zero-order chi connectivity index (χ0) is 22.9. The van der Waals surface area contributed by atoms with Gasteiger partial charge in [0.25, 0.3) is 5.91 Å². The van der Waals surface area contributed by atoms with E-state index in [-0.39, 0.29) is 17.9 Å². The SMILES string of the molecule is COc1cc(C(=O)NCCCC(=O)N2CCOC(c3ccccc3)C2)cc(OC)c1OC. The van der Waals surface area contributed by atoms with Crippen LogP contribution < -0.4 is 19.5 Å². The highest BCUT2D eigenvalue weighted by atomic mass is 16.5. The number of ether oxygens (including phenoxy) is 4. The number of carbonyl (C=O) groups excluding carboxylic acids is 2. The van der Waals surface area contributed by atoms with E-state index >= 15 is 0 Å². The first-order valence-electron chi connectivity index (χ1n) is 10.6. The Hall–Kier alpha value is -3.26. The Kier molecular flexibility index (Phi) is 8.33. The molecule has 8 heteroatoms. The average Bonchev–Trinajstić information content (AvgIpc) is 2.85. The molecule has 0 spiro atoms. The maximum absolute atomic E-state index is 12.6. The molecule has 1 fully saturated rings. The minimum atomic E-state index is -0.271. The number of hydrogen-bond donors (Lipinski definition) is 1. The maximum atomic E-state index is 12.6. The van der Waals surface area contributed by atoms with E-state index < -0.39 is 0 Å². The molecule has 32 heavy (non-hydrogen) atoms. The van der Waals surface area contributed by atoms with Gasteiger partial charge in [-0.2, -0.15) is 0 Å². The van der Waals surface area contributed by atoms with Gasteiger partial charge in [-0.05, 0) is 24.1 Å². The van der Waals surface area contributed by atoms with Crippen LogP contribution in [-0.4, -0.2) is 64.3 Å². The molecule has 172 valence electrons. The molecule has 0 saturated carbocycles. The van der Waals surface area contributed by atoms with E-state index in [1.165, 1.54) is 21.3 Å². The fourth-order valence-corrected chi connectivity index (χ4v) is 3.66. The second kappa shape index (κ2) is 11.4. The first-order chi connectivity index (χ1) is 15.6. The quantitative estimate of drug-likeness (QED) is 0.601. The van der Waals surface area contributed by atoms with Crippen LogP contribution in [0.1, 0.15) is 34.9 Å². The van der Waals surface area contributed by atoms with Crippen LogP contribution in [0.15, 0.2) is 42.5 Å². The lowest BCUT2D eigenvalue weighted by molar-refractivity contribution is -0.139. The predicted octanol–water partition coefficient (Wildman–Crippen LogP) is 2.82. The van der Waals surface area contributed by atoms with Crippen LogP contribution in [0.3, 0.4) is 0 Å². The van der Waals surface area contributed by atoms with Gasteiger partial charge >= 0.3 is 0 Å². The molecular weight excluding hydrogens is 412 g/mol. The normalized spacial score (nSPS) is 15.7. The van der Waals surface area contributed by atoms with Crippen molar-refractivity contribution in [1.29, 1.82) is 0 Å². The molecule has 1 aliphatic rings. The van der Waals surface area contributed by atoms with Crippen molar-refractivity contribution in [2.45, 2.75) is 18.9 Å². The van der Waals surface area contributed by atoms with Crippen molar-refractivity contribution in [1.82, 2.24) is 10.2 Å². The van der Waals surface area contributed by atoms with Crippen molar-refractivity contribution in [2.75, 3.05) is 47.6 Å². The summed E-state index contributed by atoms with van der Waals surface area (Å²) in [5.74, 6) is 1.04.